The van der Waals surface area contributed by atoms with E-state index in [-0.39, 0.29) is 5.78 Å². The monoisotopic (exact) mass is 358 g/mol. The van der Waals surface area contributed by atoms with Crippen molar-refractivity contribution in [2.75, 3.05) is 35.5 Å². The van der Waals surface area contributed by atoms with Gasteiger partial charge in [-0.3, -0.25) is 4.79 Å². The fourth-order valence-corrected chi connectivity index (χ4v) is 2.54. The molecule has 6 heteroatoms. The first-order valence-electron chi connectivity index (χ1n) is 7.83. The molecule has 0 heterocycles. The Morgan fingerprint density at radius 2 is 1.27 bits per heavy atom. The van der Waals surface area contributed by atoms with Gasteiger partial charge in [0.15, 0.2) is 5.78 Å². The number of ketones is 1. The van der Waals surface area contributed by atoms with Gasteiger partial charge in [-0.05, 0) is 24.3 Å². The number of hydrogen-bond acceptors (Lipinski definition) is 6. The van der Waals surface area contributed by atoms with Crippen LogP contribution in [0.3, 0.4) is 0 Å². The summed E-state index contributed by atoms with van der Waals surface area (Å²) in [7, 11) is 7.62. The molecule has 0 aromatic heterocycles. The van der Waals surface area contributed by atoms with Crippen molar-refractivity contribution < 1.29 is 28.5 Å². The van der Waals surface area contributed by atoms with E-state index in [0.717, 1.165) is 0 Å². The summed E-state index contributed by atoms with van der Waals surface area (Å²) in [6, 6.07) is 8.66. The Hall–Kier alpha value is -3.15. The highest BCUT2D eigenvalue weighted by Gasteiger charge is 2.19. The van der Waals surface area contributed by atoms with E-state index < -0.39 is 0 Å². The Morgan fingerprint density at radius 3 is 1.69 bits per heavy atom. The van der Waals surface area contributed by atoms with Crippen molar-refractivity contribution in [1.29, 1.82) is 0 Å². The van der Waals surface area contributed by atoms with Crippen LogP contribution >= 0.6 is 0 Å². The summed E-state index contributed by atoms with van der Waals surface area (Å²) in [5.41, 5.74) is 0.971. The fraction of sp³-hybridized carbons (Fsp3) is 0.250. The lowest BCUT2D eigenvalue weighted by Gasteiger charge is -2.13. The first-order chi connectivity index (χ1) is 12.6. The molecule has 0 spiro atoms. The minimum Gasteiger partial charge on any atom is -0.496 e. The van der Waals surface area contributed by atoms with E-state index >= 15 is 0 Å². The van der Waals surface area contributed by atoms with Gasteiger partial charge in [0.2, 0.25) is 0 Å². The van der Waals surface area contributed by atoms with Crippen LogP contribution in [0.25, 0.3) is 6.08 Å². The van der Waals surface area contributed by atoms with E-state index in [1.807, 2.05) is 6.07 Å². The van der Waals surface area contributed by atoms with Crippen LogP contribution in [0.2, 0.25) is 0 Å². The lowest BCUT2D eigenvalue weighted by molar-refractivity contribution is 0.104. The first kappa shape index (κ1) is 19.2. The van der Waals surface area contributed by atoms with Gasteiger partial charge in [-0.2, -0.15) is 0 Å². The van der Waals surface area contributed by atoms with Crippen molar-refractivity contribution in [2.24, 2.45) is 0 Å². The van der Waals surface area contributed by atoms with E-state index in [0.29, 0.717) is 39.9 Å². The van der Waals surface area contributed by atoms with Gasteiger partial charge in [0.1, 0.15) is 34.3 Å². The number of rotatable bonds is 8. The molecule has 0 N–H and O–H groups in total. The molecule has 0 fully saturated rings. The number of carbonyl (C=O) groups is 1. The van der Waals surface area contributed by atoms with Crippen LogP contribution < -0.4 is 23.7 Å². The highest BCUT2D eigenvalue weighted by atomic mass is 16.5. The third-order valence-electron chi connectivity index (χ3n) is 3.83. The second kappa shape index (κ2) is 8.80. The molecular weight excluding hydrogens is 336 g/mol. The lowest BCUT2D eigenvalue weighted by Crippen LogP contribution is -2.03. The fourth-order valence-electron chi connectivity index (χ4n) is 2.54. The Morgan fingerprint density at radius 1 is 0.769 bits per heavy atom. The van der Waals surface area contributed by atoms with Gasteiger partial charge in [-0.1, -0.05) is 6.07 Å². The summed E-state index contributed by atoms with van der Waals surface area (Å²) in [6.45, 7) is 0. The van der Waals surface area contributed by atoms with E-state index in [2.05, 4.69) is 0 Å². The molecule has 0 atom stereocenters. The third-order valence-corrected chi connectivity index (χ3v) is 3.83. The predicted molar refractivity (Wildman–Crippen MR) is 99.0 cm³/mol. The van der Waals surface area contributed by atoms with Gasteiger partial charge in [0.05, 0.1) is 41.1 Å². The largest absolute Gasteiger partial charge is 0.496 e. The smallest absolute Gasteiger partial charge is 0.193 e. The maximum atomic E-state index is 12.8. The number of carbonyl (C=O) groups excluding carboxylic acids is 1. The molecule has 0 amide bonds. The van der Waals surface area contributed by atoms with Gasteiger partial charge in [-0.15, -0.1) is 0 Å². The summed E-state index contributed by atoms with van der Waals surface area (Å²) >= 11 is 0. The summed E-state index contributed by atoms with van der Waals surface area (Å²) in [5, 5.41) is 0. The number of benzene rings is 2. The standard InChI is InChI=1S/C20H22O6/c1-22-13-11-18(25-4)20(19(12-13)26-5)15(21)10-9-14-16(23-2)7-6-8-17(14)24-3/h6-12H,1-5H3/b10-9+. The average Bonchev–Trinajstić information content (AvgIpc) is 2.70. The van der Waals surface area contributed by atoms with Crippen LogP contribution in [0.5, 0.6) is 28.7 Å². The van der Waals surface area contributed by atoms with Gasteiger partial charge < -0.3 is 23.7 Å². The number of hydrogen-bond donors (Lipinski definition) is 0. The van der Waals surface area contributed by atoms with Crippen LogP contribution in [-0.4, -0.2) is 41.3 Å². The zero-order chi connectivity index (χ0) is 19.1. The molecule has 138 valence electrons. The Labute approximate surface area is 152 Å². The second-order valence-corrected chi connectivity index (χ2v) is 5.18. The van der Waals surface area contributed by atoms with Crippen LogP contribution in [0.15, 0.2) is 36.4 Å². The molecule has 6 nitrogen and oxygen atoms in total. The van der Waals surface area contributed by atoms with E-state index in [4.69, 9.17) is 23.7 Å². The van der Waals surface area contributed by atoms with Crippen LogP contribution in [0.1, 0.15) is 15.9 Å². The molecule has 0 saturated heterocycles. The minimum absolute atomic E-state index is 0.283. The van der Waals surface area contributed by atoms with E-state index in [1.54, 1.807) is 44.6 Å². The third kappa shape index (κ3) is 3.91. The Kier molecular flexibility index (Phi) is 6.49. The molecule has 2 aromatic carbocycles. The molecule has 0 bridgehead atoms. The normalized spacial score (nSPS) is 10.5. The highest BCUT2D eigenvalue weighted by Crippen LogP contribution is 2.35. The predicted octanol–water partition coefficient (Wildman–Crippen LogP) is 3.63. The number of ether oxygens (including phenoxy) is 5. The molecule has 0 aliphatic heterocycles. The van der Waals surface area contributed by atoms with Crippen molar-refractivity contribution in [2.45, 2.75) is 0 Å². The molecule has 0 aliphatic carbocycles. The number of methoxy groups -OCH3 is 5. The molecule has 0 aliphatic rings. The topological polar surface area (TPSA) is 63.2 Å². The van der Waals surface area contributed by atoms with Gasteiger partial charge in [0, 0.05) is 12.1 Å². The molecular formula is C20H22O6. The summed E-state index contributed by atoms with van der Waals surface area (Å²) in [6.07, 6.45) is 3.07. The zero-order valence-electron chi connectivity index (χ0n) is 15.5. The summed E-state index contributed by atoms with van der Waals surface area (Å²) in [5.74, 6) is 2.18. The highest BCUT2D eigenvalue weighted by molar-refractivity contribution is 6.11. The van der Waals surface area contributed by atoms with Crippen molar-refractivity contribution >= 4 is 11.9 Å². The van der Waals surface area contributed by atoms with Gasteiger partial charge in [-0.25, -0.2) is 0 Å². The number of allylic oxidation sites excluding steroid dienone is 1. The van der Waals surface area contributed by atoms with Crippen molar-refractivity contribution in [3.05, 3.63) is 47.5 Å². The molecule has 26 heavy (non-hydrogen) atoms. The average molecular weight is 358 g/mol. The quantitative estimate of drug-likeness (QED) is 0.530. The first-order valence-corrected chi connectivity index (χ1v) is 7.83. The molecule has 0 saturated carbocycles. The van der Waals surface area contributed by atoms with Crippen molar-refractivity contribution in [3.8, 4) is 28.7 Å². The van der Waals surface area contributed by atoms with Gasteiger partial charge >= 0.3 is 0 Å². The minimum atomic E-state index is -0.283. The Bertz CT molecular complexity index is 763. The van der Waals surface area contributed by atoms with Crippen molar-refractivity contribution in [1.82, 2.24) is 0 Å². The molecule has 2 aromatic rings. The zero-order valence-corrected chi connectivity index (χ0v) is 15.5. The lowest BCUT2D eigenvalue weighted by atomic mass is 10.1. The molecule has 0 unspecified atom stereocenters. The SMILES string of the molecule is COc1cc(OC)c(C(=O)/C=C/c2c(OC)cccc2OC)c(OC)c1. The van der Waals surface area contributed by atoms with Gasteiger partial charge in [0.25, 0.3) is 0 Å². The van der Waals surface area contributed by atoms with Crippen LogP contribution in [0.4, 0.5) is 0 Å². The van der Waals surface area contributed by atoms with Crippen LogP contribution in [0, 0.1) is 0 Å². The van der Waals surface area contributed by atoms with E-state index in [9.17, 15) is 4.79 Å². The Balaban J connectivity index is 2.47. The molecule has 0 radical (unpaired) electrons. The van der Waals surface area contributed by atoms with Crippen molar-refractivity contribution in [3.63, 3.8) is 0 Å². The summed E-state index contributed by atoms with van der Waals surface area (Å²) in [4.78, 5) is 12.8. The second-order valence-electron chi connectivity index (χ2n) is 5.18. The molecule has 2 rings (SSSR count). The maximum Gasteiger partial charge on any atom is 0.193 e. The maximum absolute atomic E-state index is 12.8. The van der Waals surface area contributed by atoms with Crippen LogP contribution in [-0.2, 0) is 0 Å². The van der Waals surface area contributed by atoms with E-state index in [1.165, 1.54) is 27.4 Å². The summed E-state index contributed by atoms with van der Waals surface area (Å²) < 4.78 is 26.5.